The van der Waals surface area contributed by atoms with Crippen LogP contribution in [0.5, 0.6) is 0 Å². The molecule has 0 spiro atoms. The van der Waals surface area contributed by atoms with Crippen molar-refractivity contribution < 1.29 is 14.7 Å². The molecule has 5 heteroatoms. The second-order valence-corrected chi connectivity index (χ2v) is 5.84. The Hall–Kier alpha value is -1.10. The molecule has 0 aromatic rings. The number of likely N-dealkylation sites (tertiary alicyclic amines) is 1. The lowest BCUT2D eigenvalue weighted by Gasteiger charge is -2.30. The third-order valence-electron chi connectivity index (χ3n) is 4.04. The molecule has 1 heterocycles. The maximum atomic E-state index is 12.2. The summed E-state index contributed by atoms with van der Waals surface area (Å²) in [5.74, 6) is -1.02. The Labute approximate surface area is 114 Å². The predicted molar refractivity (Wildman–Crippen MR) is 71.8 cm³/mol. The van der Waals surface area contributed by atoms with Crippen molar-refractivity contribution in [2.45, 2.75) is 45.1 Å². The van der Waals surface area contributed by atoms with E-state index in [0.29, 0.717) is 19.1 Å². The molecule has 1 aliphatic heterocycles. The van der Waals surface area contributed by atoms with Crippen molar-refractivity contribution in [1.82, 2.24) is 9.80 Å². The van der Waals surface area contributed by atoms with Crippen LogP contribution in [-0.4, -0.2) is 59.0 Å². The molecular weight excluding hydrogens is 244 g/mol. The summed E-state index contributed by atoms with van der Waals surface area (Å²) in [6, 6.07) is 0.426. The molecule has 1 amide bonds. The molecule has 2 aliphatic rings. The molecule has 1 N–H and O–H groups in total. The average Bonchev–Trinajstić information content (AvgIpc) is 3.23. The van der Waals surface area contributed by atoms with Crippen LogP contribution in [0.15, 0.2) is 0 Å². The quantitative estimate of drug-likeness (QED) is 0.786. The maximum Gasteiger partial charge on any atom is 0.307 e. The highest BCUT2D eigenvalue weighted by Gasteiger charge is 2.33. The molecule has 19 heavy (non-hydrogen) atoms. The van der Waals surface area contributed by atoms with E-state index in [-0.39, 0.29) is 5.91 Å². The van der Waals surface area contributed by atoms with Gasteiger partial charge in [-0.2, -0.15) is 0 Å². The molecule has 1 saturated carbocycles. The van der Waals surface area contributed by atoms with Crippen molar-refractivity contribution in [3.8, 4) is 0 Å². The van der Waals surface area contributed by atoms with Crippen molar-refractivity contribution in [3.63, 3.8) is 0 Å². The van der Waals surface area contributed by atoms with Gasteiger partial charge in [-0.1, -0.05) is 6.92 Å². The van der Waals surface area contributed by atoms with Crippen LogP contribution in [0.4, 0.5) is 0 Å². The molecule has 1 aliphatic carbocycles. The van der Waals surface area contributed by atoms with Gasteiger partial charge >= 0.3 is 5.97 Å². The fourth-order valence-electron chi connectivity index (χ4n) is 2.63. The van der Waals surface area contributed by atoms with Crippen molar-refractivity contribution in [2.24, 2.45) is 5.92 Å². The first-order chi connectivity index (χ1) is 9.08. The first-order valence-corrected chi connectivity index (χ1v) is 7.32. The van der Waals surface area contributed by atoms with E-state index in [1.165, 1.54) is 6.42 Å². The van der Waals surface area contributed by atoms with Gasteiger partial charge in [-0.05, 0) is 32.1 Å². The van der Waals surface area contributed by atoms with Crippen LogP contribution < -0.4 is 0 Å². The number of carbonyl (C=O) groups excluding carboxylic acids is 1. The van der Waals surface area contributed by atoms with Gasteiger partial charge in [0.25, 0.3) is 0 Å². The lowest BCUT2D eigenvalue weighted by atomic mass is 10.1. The summed E-state index contributed by atoms with van der Waals surface area (Å²) in [5, 5.41) is 8.99. The van der Waals surface area contributed by atoms with E-state index in [2.05, 4.69) is 4.90 Å². The molecule has 1 saturated heterocycles. The molecule has 2 fully saturated rings. The number of piperidine rings is 1. The smallest absolute Gasteiger partial charge is 0.307 e. The highest BCUT2D eigenvalue weighted by Crippen LogP contribution is 2.27. The number of carboxylic acids is 1. The van der Waals surface area contributed by atoms with Gasteiger partial charge in [0, 0.05) is 25.7 Å². The molecule has 0 aromatic heterocycles. The second kappa shape index (κ2) is 6.37. The number of hydrogen-bond donors (Lipinski definition) is 1. The lowest BCUT2D eigenvalue weighted by molar-refractivity contribution is -0.143. The first-order valence-electron chi connectivity index (χ1n) is 7.32. The van der Waals surface area contributed by atoms with Crippen molar-refractivity contribution in [2.75, 3.05) is 26.2 Å². The van der Waals surface area contributed by atoms with Crippen LogP contribution >= 0.6 is 0 Å². The zero-order valence-corrected chi connectivity index (χ0v) is 11.7. The van der Waals surface area contributed by atoms with Gasteiger partial charge in [-0.3, -0.25) is 14.5 Å². The Morgan fingerprint density at radius 1 is 1.26 bits per heavy atom. The Kier molecular flexibility index (Phi) is 4.80. The van der Waals surface area contributed by atoms with E-state index in [9.17, 15) is 9.59 Å². The van der Waals surface area contributed by atoms with Gasteiger partial charge in [-0.15, -0.1) is 0 Å². The first kappa shape index (κ1) is 14.3. The van der Waals surface area contributed by atoms with Crippen LogP contribution in [-0.2, 0) is 9.59 Å². The minimum absolute atomic E-state index is 0.171. The summed E-state index contributed by atoms with van der Waals surface area (Å²) in [6.45, 7) is 4.32. The van der Waals surface area contributed by atoms with Gasteiger partial charge in [-0.25, -0.2) is 0 Å². The predicted octanol–water partition coefficient (Wildman–Crippen LogP) is 1.18. The summed E-state index contributed by atoms with van der Waals surface area (Å²) in [5.41, 5.74) is 0. The number of amides is 1. The fraction of sp³-hybridized carbons (Fsp3) is 0.857. The third kappa shape index (κ3) is 4.20. The largest absolute Gasteiger partial charge is 0.481 e. The van der Waals surface area contributed by atoms with Gasteiger partial charge in [0.2, 0.25) is 5.91 Å². The third-order valence-corrected chi connectivity index (χ3v) is 4.04. The molecule has 1 atom stereocenters. The van der Waals surface area contributed by atoms with Crippen molar-refractivity contribution in [3.05, 3.63) is 0 Å². The van der Waals surface area contributed by atoms with Crippen molar-refractivity contribution >= 4 is 11.9 Å². The van der Waals surface area contributed by atoms with E-state index in [1.54, 1.807) is 6.92 Å². The highest BCUT2D eigenvalue weighted by molar-refractivity contribution is 5.78. The molecule has 0 aromatic carbocycles. The monoisotopic (exact) mass is 268 g/mol. The number of rotatable bonds is 6. The Bertz CT molecular complexity index is 336. The van der Waals surface area contributed by atoms with E-state index in [0.717, 1.165) is 38.8 Å². The Morgan fingerprint density at radius 2 is 1.89 bits per heavy atom. The molecule has 0 bridgehead atoms. The minimum atomic E-state index is -0.781. The summed E-state index contributed by atoms with van der Waals surface area (Å²) < 4.78 is 0. The number of carboxylic acid groups (broad SMARTS) is 1. The lowest BCUT2D eigenvalue weighted by Crippen LogP contribution is -2.45. The maximum absolute atomic E-state index is 12.2. The van der Waals surface area contributed by atoms with Crippen LogP contribution in [0, 0.1) is 5.92 Å². The SMILES string of the molecule is CC(CN(CC(=O)N1CCCCC1)C1CC1)C(=O)O. The molecular formula is C14H24N2O3. The van der Waals surface area contributed by atoms with Crippen LogP contribution in [0.25, 0.3) is 0 Å². The molecule has 108 valence electrons. The Balaban J connectivity index is 1.85. The van der Waals surface area contributed by atoms with Crippen LogP contribution in [0.3, 0.4) is 0 Å². The molecule has 1 unspecified atom stereocenters. The van der Waals surface area contributed by atoms with E-state index >= 15 is 0 Å². The second-order valence-electron chi connectivity index (χ2n) is 5.84. The molecule has 2 rings (SSSR count). The molecule has 0 radical (unpaired) electrons. The fourth-order valence-corrected chi connectivity index (χ4v) is 2.63. The van der Waals surface area contributed by atoms with Crippen molar-refractivity contribution in [1.29, 1.82) is 0 Å². The van der Waals surface area contributed by atoms with E-state index in [4.69, 9.17) is 5.11 Å². The normalized spacial score (nSPS) is 21.5. The van der Waals surface area contributed by atoms with Gasteiger partial charge in [0.15, 0.2) is 0 Å². The minimum Gasteiger partial charge on any atom is -0.481 e. The van der Waals surface area contributed by atoms with Gasteiger partial charge in [0.05, 0.1) is 12.5 Å². The van der Waals surface area contributed by atoms with E-state index < -0.39 is 11.9 Å². The number of nitrogens with zero attached hydrogens (tertiary/aromatic N) is 2. The van der Waals surface area contributed by atoms with Crippen LogP contribution in [0.2, 0.25) is 0 Å². The Morgan fingerprint density at radius 3 is 2.42 bits per heavy atom. The van der Waals surface area contributed by atoms with Gasteiger partial charge < -0.3 is 10.0 Å². The van der Waals surface area contributed by atoms with E-state index in [1.807, 2.05) is 4.90 Å². The summed E-state index contributed by atoms with van der Waals surface area (Å²) in [4.78, 5) is 27.2. The summed E-state index contributed by atoms with van der Waals surface area (Å²) in [6.07, 6.45) is 5.60. The molecule has 5 nitrogen and oxygen atoms in total. The number of aliphatic carboxylic acids is 1. The topological polar surface area (TPSA) is 60.9 Å². The van der Waals surface area contributed by atoms with Gasteiger partial charge in [0.1, 0.15) is 0 Å². The zero-order valence-electron chi connectivity index (χ0n) is 11.7. The zero-order chi connectivity index (χ0) is 13.8. The van der Waals surface area contributed by atoms with Crippen LogP contribution in [0.1, 0.15) is 39.0 Å². The standard InChI is InChI=1S/C14H24N2O3/c1-11(14(18)19)9-16(12-5-6-12)10-13(17)15-7-3-2-4-8-15/h11-12H,2-10H2,1H3,(H,18,19). The number of hydrogen-bond acceptors (Lipinski definition) is 3. The summed E-state index contributed by atoms with van der Waals surface area (Å²) in [7, 11) is 0. The summed E-state index contributed by atoms with van der Waals surface area (Å²) >= 11 is 0. The average molecular weight is 268 g/mol. The highest BCUT2D eigenvalue weighted by atomic mass is 16.4. The number of carbonyl (C=O) groups is 2.